The number of allylic oxidation sites excluding steroid dienone is 5. The predicted molar refractivity (Wildman–Crippen MR) is 272 cm³/mol. The Balaban J connectivity index is 0.852. The van der Waals surface area contributed by atoms with Crippen molar-refractivity contribution in [2.45, 2.75) is 25.7 Å². The van der Waals surface area contributed by atoms with Gasteiger partial charge in [-0.2, -0.15) is 0 Å². The van der Waals surface area contributed by atoms with E-state index >= 15 is 0 Å². The summed E-state index contributed by atoms with van der Waals surface area (Å²) in [7, 11) is 0. The number of hydrogen-bond acceptors (Lipinski definition) is 3. The molecule has 0 fully saturated rings. The highest BCUT2D eigenvalue weighted by atomic mass is 32.1. The summed E-state index contributed by atoms with van der Waals surface area (Å²) in [4.78, 5) is 2.45. The molecule has 2 aliphatic carbocycles. The molecule has 0 amide bonds. The van der Waals surface area contributed by atoms with Crippen LogP contribution in [-0.2, 0) is 6.42 Å². The topological polar surface area (TPSA) is 21.3 Å². The molecule has 0 saturated carbocycles. The van der Waals surface area contributed by atoms with E-state index in [-0.39, 0.29) is 0 Å². The average molecular weight is 839 g/mol. The fourth-order valence-electron chi connectivity index (χ4n) is 10.3. The van der Waals surface area contributed by atoms with Crippen molar-refractivity contribution in [2.24, 2.45) is 0 Å². The summed E-state index contributed by atoms with van der Waals surface area (Å²) in [5, 5.41) is 6.36. The number of aryl methyl sites for hydroxylation is 1. The molecule has 64 heavy (non-hydrogen) atoms. The number of thiophene rings is 1. The largest absolute Gasteiger partial charge is 0.456 e. The molecule has 0 radical (unpaired) electrons. The number of nitrogens with zero attached hydrogens (tertiary/aromatic N) is 2. The quantitative estimate of drug-likeness (QED) is 0.159. The maximum atomic E-state index is 6.37. The van der Waals surface area contributed by atoms with E-state index in [2.05, 4.69) is 216 Å². The van der Waals surface area contributed by atoms with Crippen molar-refractivity contribution in [3.63, 3.8) is 0 Å². The van der Waals surface area contributed by atoms with Crippen LogP contribution in [0.1, 0.15) is 36.1 Å². The van der Waals surface area contributed by atoms with Crippen molar-refractivity contribution in [2.75, 3.05) is 4.90 Å². The normalized spacial score (nSPS) is 13.8. The van der Waals surface area contributed by atoms with Crippen molar-refractivity contribution >= 4 is 87.3 Å². The van der Waals surface area contributed by atoms with E-state index < -0.39 is 0 Å². The highest BCUT2D eigenvalue weighted by Gasteiger charge is 2.22. The molecule has 0 unspecified atom stereocenters. The number of rotatable bonds is 7. The van der Waals surface area contributed by atoms with Crippen LogP contribution in [0.4, 0.5) is 11.4 Å². The van der Waals surface area contributed by atoms with Gasteiger partial charge in [0.15, 0.2) is 0 Å². The van der Waals surface area contributed by atoms with Gasteiger partial charge >= 0.3 is 0 Å². The third kappa shape index (κ3) is 6.09. The first-order valence-electron chi connectivity index (χ1n) is 22.3. The van der Waals surface area contributed by atoms with E-state index in [1.807, 2.05) is 11.3 Å². The molecular formula is C60H42N2OS. The van der Waals surface area contributed by atoms with Crippen LogP contribution in [0.15, 0.2) is 210 Å². The van der Waals surface area contributed by atoms with E-state index in [1.165, 1.54) is 92.0 Å². The van der Waals surface area contributed by atoms with Crippen LogP contribution in [0.3, 0.4) is 0 Å². The summed E-state index contributed by atoms with van der Waals surface area (Å²) in [5.41, 5.74) is 17.0. The highest BCUT2D eigenvalue weighted by Crippen LogP contribution is 2.43. The zero-order valence-corrected chi connectivity index (χ0v) is 36.0. The molecule has 13 rings (SSSR count). The van der Waals surface area contributed by atoms with Crippen LogP contribution in [0.5, 0.6) is 0 Å². The van der Waals surface area contributed by atoms with Crippen LogP contribution >= 0.6 is 11.3 Å². The Hall–Kier alpha value is -7.66. The molecule has 4 heteroatoms. The van der Waals surface area contributed by atoms with Gasteiger partial charge in [0.1, 0.15) is 11.3 Å². The number of aromatic nitrogens is 1. The molecule has 3 aromatic heterocycles. The second-order valence-corrected chi connectivity index (χ2v) is 18.1. The van der Waals surface area contributed by atoms with Gasteiger partial charge in [-0.3, -0.25) is 0 Å². The highest BCUT2D eigenvalue weighted by molar-refractivity contribution is 7.26. The lowest BCUT2D eigenvalue weighted by Gasteiger charge is -2.30. The third-order valence-corrected chi connectivity index (χ3v) is 14.6. The molecule has 0 aliphatic heterocycles. The SMILES string of the molecule is C1=Cc2oc3cc4c5ccccc5n(-c5ccc(-c6ccc(N(C7=CC=C(c8cccc9c8sc8ccccc89)CC7)c7ccc(-c8ccccc8)cc7)cc6)cc5)c4cc3c2CC1. The van der Waals surface area contributed by atoms with Crippen LogP contribution < -0.4 is 4.90 Å². The lowest BCUT2D eigenvalue weighted by Crippen LogP contribution is -2.17. The minimum atomic E-state index is 0.936. The Morgan fingerprint density at radius 1 is 0.500 bits per heavy atom. The number of benzene rings is 8. The molecule has 3 nitrogen and oxygen atoms in total. The van der Waals surface area contributed by atoms with Crippen molar-refractivity contribution in [3.8, 4) is 27.9 Å². The Labute approximate surface area is 375 Å². The third-order valence-electron chi connectivity index (χ3n) is 13.4. The van der Waals surface area contributed by atoms with Gasteiger partial charge in [0, 0.05) is 64.7 Å². The summed E-state index contributed by atoms with van der Waals surface area (Å²) < 4.78 is 11.5. The Morgan fingerprint density at radius 3 is 1.92 bits per heavy atom. The average Bonchev–Trinajstić information content (AvgIpc) is 4.04. The van der Waals surface area contributed by atoms with Crippen molar-refractivity contribution in [3.05, 3.63) is 223 Å². The molecule has 8 aromatic carbocycles. The number of anilines is 2. The van der Waals surface area contributed by atoms with Gasteiger partial charge in [0.25, 0.3) is 0 Å². The molecule has 2 aliphatic rings. The van der Waals surface area contributed by atoms with Crippen molar-refractivity contribution in [1.82, 2.24) is 4.57 Å². The Kier molecular flexibility index (Phi) is 8.66. The molecule has 3 heterocycles. The fourth-order valence-corrected chi connectivity index (χ4v) is 11.5. The zero-order valence-electron chi connectivity index (χ0n) is 35.2. The molecule has 0 saturated heterocycles. The van der Waals surface area contributed by atoms with E-state index in [0.717, 1.165) is 54.1 Å². The van der Waals surface area contributed by atoms with Gasteiger partial charge in [0.05, 0.1) is 11.0 Å². The van der Waals surface area contributed by atoms with Crippen LogP contribution in [-0.4, -0.2) is 4.57 Å². The lowest BCUT2D eigenvalue weighted by atomic mass is 9.93. The maximum Gasteiger partial charge on any atom is 0.135 e. The molecule has 304 valence electrons. The fraction of sp³-hybridized carbons (Fsp3) is 0.0667. The second kappa shape index (κ2) is 15.0. The first-order chi connectivity index (χ1) is 31.7. The molecule has 0 spiro atoms. The smallest absolute Gasteiger partial charge is 0.135 e. The first-order valence-corrected chi connectivity index (χ1v) is 23.2. The molecule has 0 bridgehead atoms. The molecule has 0 N–H and O–H groups in total. The van der Waals surface area contributed by atoms with Gasteiger partial charge in [0.2, 0.25) is 0 Å². The number of furan rings is 1. The van der Waals surface area contributed by atoms with E-state index in [0.29, 0.717) is 0 Å². The zero-order chi connectivity index (χ0) is 42.1. The second-order valence-electron chi connectivity index (χ2n) is 17.1. The predicted octanol–water partition coefficient (Wildman–Crippen LogP) is 17.1. The number of hydrogen-bond donors (Lipinski definition) is 0. The van der Waals surface area contributed by atoms with E-state index in [9.17, 15) is 0 Å². The van der Waals surface area contributed by atoms with Crippen molar-refractivity contribution < 1.29 is 4.42 Å². The molecular weight excluding hydrogens is 797 g/mol. The monoisotopic (exact) mass is 838 g/mol. The first kappa shape index (κ1) is 36.9. The molecule has 11 aromatic rings. The summed E-state index contributed by atoms with van der Waals surface area (Å²) in [5.74, 6) is 1.00. The number of para-hydroxylation sites is 1. The van der Waals surface area contributed by atoms with Gasteiger partial charge in [-0.15, -0.1) is 11.3 Å². The van der Waals surface area contributed by atoms with E-state index in [4.69, 9.17) is 4.42 Å². The number of fused-ring (bicyclic) bond motifs is 9. The van der Waals surface area contributed by atoms with Gasteiger partial charge in [-0.05, 0) is 132 Å². The van der Waals surface area contributed by atoms with Gasteiger partial charge in [-0.25, -0.2) is 0 Å². The summed E-state index contributed by atoms with van der Waals surface area (Å²) >= 11 is 1.91. The Bertz CT molecular complexity index is 3690. The van der Waals surface area contributed by atoms with E-state index in [1.54, 1.807) is 0 Å². The summed E-state index contributed by atoms with van der Waals surface area (Å²) in [6.07, 6.45) is 13.0. The van der Waals surface area contributed by atoms with Gasteiger partial charge in [-0.1, -0.05) is 133 Å². The maximum absolute atomic E-state index is 6.37. The Morgan fingerprint density at radius 2 is 1.17 bits per heavy atom. The van der Waals surface area contributed by atoms with Gasteiger partial charge < -0.3 is 13.9 Å². The van der Waals surface area contributed by atoms with Crippen LogP contribution in [0, 0.1) is 0 Å². The minimum absolute atomic E-state index is 0.936. The summed E-state index contributed by atoms with van der Waals surface area (Å²) in [6, 6.07) is 66.8. The summed E-state index contributed by atoms with van der Waals surface area (Å²) in [6.45, 7) is 0. The van der Waals surface area contributed by atoms with Crippen LogP contribution in [0.25, 0.3) is 92.5 Å². The lowest BCUT2D eigenvalue weighted by molar-refractivity contribution is 0.596. The van der Waals surface area contributed by atoms with Crippen LogP contribution in [0.2, 0.25) is 0 Å². The molecule has 0 atom stereocenters. The standard InChI is InChI=1S/C60H42N2OS/c1-2-11-39(12-3-1)40-21-29-44(30-22-40)61(46-35-27-43(28-36-46)48-16-10-17-52-51-15-6-9-20-59(51)64-60(48)52)45-31-23-41(24-32-45)42-25-33-47(34-26-42)62-55-18-7-4-13-49(55)53-38-58-54(37-56(53)62)50-14-5-8-19-57(50)63-58/h1-4,6-13,15-27,29-35,37-38H,5,14,28,36H2. The van der Waals surface area contributed by atoms with Crippen molar-refractivity contribution in [1.29, 1.82) is 0 Å². The minimum Gasteiger partial charge on any atom is -0.456 e.